The van der Waals surface area contributed by atoms with Gasteiger partial charge >= 0.3 is 0 Å². The number of aliphatic imine (C=N–C) groups is 1. The van der Waals surface area contributed by atoms with Crippen molar-refractivity contribution < 1.29 is 9.53 Å². The third kappa shape index (κ3) is 5.90. The molecule has 1 aromatic carbocycles. The Kier molecular flexibility index (Phi) is 7.70. The zero-order chi connectivity index (χ0) is 18.8. The van der Waals surface area contributed by atoms with E-state index in [1.54, 1.807) is 7.05 Å². The molecule has 1 aliphatic carbocycles. The molecule has 1 atom stereocenters. The predicted octanol–water partition coefficient (Wildman–Crippen LogP) is 3.54. The summed E-state index contributed by atoms with van der Waals surface area (Å²) in [6, 6.07) is 7.83. The molecule has 1 unspecified atom stereocenters. The first-order valence-electron chi connectivity index (χ1n) is 9.43. The van der Waals surface area contributed by atoms with Crippen LogP contribution in [-0.4, -0.2) is 31.4 Å². The predicted molar refractivity (Wildman–Crippen MR) is 107 cm³/mol. The van der Waals surface area contributed by atoms with Gasteiger partial charge in [0.1, 0.15) is 24.2 Å². The highest BCUT2D eigenvalue weighted by Gasteiger charge is 2.35. The van der Waals surface area contributed by atoms with Gasteiger partial charge in [-0.1, -0.05) is 56.4 Å². The molecule has 0 aromatic heterocycles. The summed E-state index contributed by atoms with van der Waals surface area (Å²) in [6.45, 7) is 2.20. The Labute approximate surface area is 156 Å². The number of guanidine groups is 1. The van der Waals surface area contributed by atoms with E-state index in [1.807, 2.05) is 43.3 Å². The Hall–Kier alpha value is -2.30. The van der Waals surface area contributed by atoms with Crippen LogP contribution in [0.15, 0.2) is 35.3 Å². The highest BCUT2D eigenvalue weighted by atomic mass is 16.5. The zero-order valence-electron chi connectivity index (χ0n) is 15.9. The molecule has 0 radical (unpaired) electrons. The maximum absolute atomic E-state index is 12.1. The summed E-state index contributed by atoms with van der Waals surface area (Å²) in [5, 5.41) is 3.11. The SMILES string of the molecule is CC=Cc1cccc(OCC(C=O)(CC2CCCCC2)NC(N)=NC)c1. The molecule has 0 saturated heterocycles. The van der Waals surface area contributed by atoms with Gasteiger partial charge in [-0.3, -0.25) is 4.99 Å². The lowest BCUT2D eigenvalue weighted by Gasteiger charge is -2.34. The van der Waals surface area contributed by atoms with Crippen molar-refractivity contribution in [2.45, 2.75) is 51.0 Å². The maximum Gasteiger partial charge on any atom is 0.189 e. The fraction of sp³-hybridized carbons (Fsp3) is 0.524. The lowest BCUT2D eigenvalue weighted by molar-refractivity contribution is -0.114. The Morgan fingerprint density at radius 1 is 1.38 bits per heavy atom. The molecular formula is C21H31N3O2. The molecule has 0 bridgehead atoms. The lowest BCUT2D eigenvalue weighted by atomic mass is 9.80. The van der Waals surface area contributed by atoms with Crippen LogP contribution in [0.3, 0.4) is 0 Å². The summed E-state index contributed by atoms with van der Waals surface area (Å²) >= 11 is 0. The van der Waals surface area contributed by atoms with Crippen molar-refractivity contribution >= 4 is 18.3 Å². The van der Waals surface area contributed by atoms with E-state index >= 15 is 0 Å². The average molecular weight is 357 g/mol. The molecule has 1 aliphatic rings. The number of nitrogens with one attached hydrogen (secondary N) is 1. The van der Waals surface area contributed by atoms with E-state index < -0.39 is 5.54 Å². The summed E-state index contributed by atoms with van der Waals surface area (Å²) in [5.41, 5.74) is 6.10. The van der Waals surface area contributed by atoms with E-state index in [2.05, 4.69) is 10.3 Å². The minimum Gasteiger partial charge on any atom is -0.491 e. The topological polar surface area (TPSA) is 76.7 Å². The first-order valence-corrected chi connectivity index (χ1v) is 9.43. The van der Waals surface area contributed by atoms with Crippen LogP contribution in [0.2, 0.25) is 0 Å². The first kappa shape index (κ1) is 20.0. The van der Waals surface area contributed by atoms with Gasteiger partial charge in [-0.15, -0.1) is 0 Å². The summed E-state index contributed by atoms with van der Waals surface area (Å²) in [5.74, 6) is 1.51. The van der Waals surface area contributed by atoms with Crippen molar-refractivity contribution in [2.75, 3.05) is 13.7 Å². The molecule has 1 aromatic rings. The molecule has 1 saturated carbocycles. The molecular weight excluding hydrogens is 326 g/mol. The number of carbonyl (C=O) groups excluding carboxylic acids is 1. The van der Waals surface area contributed by atoms with Gasteiger partial charge in [-0.2, -0.15) is 0 Å². The van der Waals surface area contributed by atoms with Crippen LogP contribution in [0.1, 0.15) is 51.0 Å². The van der Waals surface area contributed by atoms with Crippen molar-refractivity contribution in [2.24, 2.45) is 16.6 Å². The van der Waals surface area contributed by atoms with Gasteiger partial charge in [0.15, 0.2) is 5.96 Å². The standard InChI is InChI=1S/C21H31N3O2/c1-3-8-17-11-7-12-19(13-17)26-16-21(15-25,24-20(22)23-2)14-18-9-5-4-6-10-18/h3,7-8,11-13,15,18H,4-6,9-10,14,16H2,1-2H3,(H3,22,23,24). The van der Waals surface area contributed by atoms with Crippen LogP contribution >= 0.6 is 0 Å². The summed E-state index contributed by atoms with van der Waals surface area (Å²) in [7, 11) is 1.61. The van der Waals surface area contributed by atoms with Crippen molar-refractivity contribution in [3.05, 3.63) is 35.9 Å². The minimum atomic E-state index is -0.859. The van der Waals surface area contributed by atoms with Crippen LogP contribution in [0, 0.1) is 5.92 Å². The number of carbonyl (C=O) groups is 1. The molecule has 5 heteroatoms. The summed E-state index contributed by atoms with van der Waals surface area (Å²) in [6.07, 6.45) is 11.7. The van der Waals surface area contributed by atoms with Crippen molar-refractivity contribution in [3.8, 4) is 5.75 Å². The van der Waals surface area contributed by atoms with Gasteiger partial charge in [0, 0.05) is 7.05 Å². The second kappa shape index (κ2) is 10.00. The number of aldehydes is 1. The maximum atomic E-state index is 12.1. The Balaban J connectivity index is 2.13. The number of allylic oxidation sites excluding steroid dienone is 1. The monoisotopic (exact) mass is 357 g/mol. The fourth-order valence-electron chi connectivity index (χ4n) is 3.59. The molecule has 26 heavy (non-hydrogen) atoms. The van der Waals surface area contributed by atoms with Gasteiger partial charge in [-0.05, 0) is 37.0 Å². The summed E-state index contributed by atoms with van der Waals surface area (Å²) < 4.78 is 6.00. The number of ether oxygens (including phenoxy) is 1. The third-order valence-corrected chi connectivity index (χ3v) is 4.93. The van der Waals surface area contributed by atoms with E-state index in [0.717, 1.165) is 30.4 Å². The van der Waals surface area contributed by atoms with E-state index in [4.69, 9.17) is 10.5 Å². The van der Waals surface area contributed by atoms with Crippen molar-refractivity contribution in [1.82, 2.24) is 5.32 Å². The Morgan fingerprint density at radius 3 is 2.81 bits per heavy atom. The van der Waals surface area contributed by atoms with Crippen LogP contribution in [0.25, 0.3) is 6.08 Å². The van der Waals surface area contributed by atoms with Crippen molar-refractivity contribution in [3.63, 3.8) is 0 Å². The van der Waals surface area contributed by atoms with Crippen LogP contribution < -0.4 is 15.8 Å². The van der Waals surface area contributed by atoms with Gasteiger partial charge < -0.3 is 20.6 Å². The van der Waals surface area contributed by atoms with Crippen molar-refractivity contribution in [1.29, 1.82) is 0 Å². The molecule has 3 N–H and O–H groups in total. The summed E-state index contributed by atoms with van der Waals surface area (Å²) in [4.78, 5) is 16.0. The quantitative estimate of drug-likeness (QED) is 0.424. The fourth-order valence-corrected chi connectivity index (χ4v) is 3.59. The molecule has 0 spiro atoms. The van der Waals surface area contributed by atoms with E-state index in [1.165, 1.54) is 19.3 Å². The minimum absolute atomic E-state index is 0.225. The molecule has 5 nitrogen and oxygen atoms in total. The average Bonchev–Trinajstić information content (AvgIpc) is 2.67. The number of hydrogen-bond donors (Lipinski definition) is 2. The van der Waals surface area contributed by atoms with E-state index in [9.17, 15) is 4.79 Å². The van der Waals surface area contributed by atoms with Gasteiger partial charge in [-0.25, -0.2) is 0 Å². The molecule has 2 rings (SSSR count). The number of nitrogens with two attached hydrogens (primary N) is 1. The van der Waals surface area contributed by atoms with Crippen LogP contribution in [0.4, 0.5) is 0 Å². The van der Waals surface area contributed by atoms with Gasteiger partial charge in [0.05, 0.1) is 0 Å². The number of hydrogen-bond acceptors (Lipinski definition) is 3. The smallest absolute Gasteiger partial charge is 0.189 e. The second-order valence-electron chi connectivity index (χ2n) is 7.08. The second-order valence-corrected chi connectivity index (χ2v) is 7.08. The number of benzene rings is 1. The number of rotatable bonds is 8. The van der Waals surface area contributed by atoms with Crippen LogP contribution in [0.5, 0.6) is 5.75 Å². The molecule has 0 amide bonds. The molecule has 142 valence electrons. The number of nitrogens with zero attached hydrogens (tertiary/aromatic N) is 1. The largest absolute Gasteiger partial charge is 0.491 e. The molecule has 1 fully saturated rings. The van der Waals surface area contributed by atoms with Crippen LogP contribution in [-0.2, 0) is 4.79 Å². The van der Waals surface area contributed by atoms with Gasteiger partial charge in [0.2, 0.25) is 0 Å². The van der Waals surface area contributed by atoms with E-state index in [-0.39, 0.29) is 12.6 Å². The van der Waals surface area contributed by atoms with E-state index in [0.29, 0.717) is 12.3 Å². The highest BCUT2D eigenvalue weighted by molar-refractivity contribution is 5.83. The Morgan fingerprint density at radius 2 is 2.15 bits per heavy atom. The highest BCUT2D eigenvalue weighted by Crippen LogP contribution is 2.30. The lowest BCUT2D eigenvalue weighted by Crippen LogP contribution is -2.57. The molecule has 0 aliphatic heterocycles. The Bertz CT molecular complexity index is 636. The normalized spacial score (nSPS) is 18.5. The van der Waals surface area contributed by atoms with Gasteiger partial charge in [0.25, 0.3) is 0 Å². The first-order chi connectivity index (χ1) is 12.6. The zero-order valence-corrected chi connectivity index (χ0v) is 15.9. The molecule has 0 heterocycles. The third-order valence-electron chi connectivity index (χ3n) is 4.93.